The van der Waals surface area contributed by atoms with Crippen molar-refractivity contribution in [1.82, 2.24) is 20.1 Å². The van der Waals surface area contributed by atoms with Gasteiger partial charge in [0.1, 0.15) is 0 Å². The van der Waals surface area contributed by atoms with Gasteiger partial charge in [0.2, 0.25) is 0 Å². The molecule has 0 spiro atoms. The molecule has 1 unspecified atom stereocenters. The van der Waals surface area contributed by atoms with Crippen LogP contribution < -0.4 is 5.32 Å². The molecule has 0 saturated heterocycles. The van der Waals surface area contributed by atoms with Crippen molar-refractivity contribution in [3.63, 3.8) is 0 Å². The van der Waals surface area contributed by atoms with Crippen molar-refractivity contribution < 1.29 is 14.3 Å². The molecule has 0 aliphatic carbocycles. The summed E-state index contributed by atoms with van der Waals surface area (Å²) in [5.41, 5.74) is 1.30. The van der Waals surface area contributed by atoms with Gasteiger partial charge in [0.15, 0.2) is 11.8 Å². The van der Waals surface area contributed by atoms with Crippen molar-refractivity contribution in [3.05, 3.63) is 23.5 Å². The normalized spacial score (nSPS) is 13.1. The Morgan fingerprint density at radius 1 is 1.24 bits per heavy atom. The maximum Gasteiger partial charge on any atom is 0.339 e. The third-order valence-corrected chi connectivity index (χ3v) is 3.56. The van der Waals surface area contributed by atoms with E-state index >= 15 is 0 Å². The number of hydrogen-bond donors (Lipinski definition) is 1. The molecule has 2 aromatic rings. The number of fused-ring (bicyclic) bond motifs is 1. The summed E-state index contributed by atoms with van der Waals surface area (Å²) in [4.78, 5) is 29.2. The average molecular weight is 346 g/mol. The number of amides is 1. The van der Waals surface area contributed by atoms with E-state index < -0.39 is 17.6 Å². The van der Waals surface area contributed by atoms with Gasteiger partial charge in [-0.3, -0.25) is 4.79 Å². The minimum atomic E-state index is -0.893. The molecule has 1 amide bonds. The van der Waals surface area contributed by atoms with Crippen molar-refractivity contribution in [2.24, 2.45) is 0 Å². The lowest BCUT2D eigenvalue weighted by Gasteiger charge is -2.23. The molecule has 136 valence electrons. The van der Waals surface area contributed by atoms with Gasteiger partial charge in [-0.25, -0.2) is 14.5 Å². The Morgan fingerprint density at radius 3 is 2.44 bits per heavy atom. The minimum Gasteiger partial charge on any atom is -0.449 e. The number of carbonyl (C=O) groups is 2. The quantitative estimate of drug-likeness (QED) is 0.860. The largest absolute Gasteiger partial charge is 0.449 e. The summed E-state index contributed by atoms with van der Waals surface area (Å²) in [6.45, 7) is 13.0. The van der Waals surface area contributed by atoms with Crippen LogP contribution in [-0.2, 0) is 9.53 Å². The van der Waals surface area contributed by atoms with Gasteiger partial charge in [-0.05, 0) is 54.5 Å². The second-order valence-electron chi connectivity index (χ2n) is 7.52. The van der Waals surface area contributed by atoms with Crippen molar-refractivity contribution in [1.29, 1.82) is 0 Å². The van der Waals surface area contributed by atoms with E-state index in [1.54, 1.807) is 23.9 Å². The standard InChI is InChI=1S/C18H26N4O3/c1-10(2)22-15-14(9-19-22)13(8-11(3)20-15)17(24)25-12(4)16(23)21-18(5,6)7/h8-10,12H,1-7H3,(H,21,23). The monoisotopic (exact) mass is 346 g/mol. The van der Waals surface area contributed by atoms with E-state index in [9.17, 15) is 9.59 Å². The summed E-state index contributed by atoms with van der Waals surface area (Å²) in [7, 11) is 0. The highest BCUT2D eigenvalue weighted by molar-refractivity contribution is 6.03. The number of rotatable bonds is 4. The average Bonchev–Trinajstić information content (AvgIpc) is 2.87. The molecule has 1 N–H and O–H groups in total. The van der Waals surface area contributed by atoms with Gasteiger partial charge >= 0.3 is 5.97 Å². The lowest BCUT2D eigenvalue weighted by Crippen LogP contribution is -2.46. The second kappa shape index (κ2) is 6.82. The van der Waals surface area contributed by atoms with Crippen molar-refractivity contribution in [2.75, 3.05) is 0 Å². The first-order valence-corrected chi connectivity index (χ1v) is 8.37. The Hall–Kier alpha value is -2.44. The SMILES string of the molecule is Cc1cc(C(=O)OC(C)C(=O)NC(C)(C)C)c2cnn(C(C)C)c2n1. The van der Waals surface area contributed by atoms with E-state index in [1.807, 2.05) is 41.5 Å². The molecule has 2 aromatic heterocycles. The van der Waals surface area contributed by atoms with Crippen LogP contribution in [0.25, 0.3) is 11.0 Å². The molecule has 1 atom stereocenters. The van der Waals surface area contributed by atoms with Crippen LogP contribution in [0.1, 0.15) is 63.6 Å². The van der Waals surface area contributed by atoms with E-state index in [2.05, 4.69) is 15.4 Å². The van der Waals surface area contributed by atoms with Crippen LogP contribution in [-0.4, -0.2) is 38.3 Å². The van der Waals surface area contributed by atoms with Crippen LogP contribution in [0.3, 0.4) is 0 Å². The highest BCUT2D eigenvalue weighted by atomic mass is 16.5. The van der Waals surface area contributed by atoms with Gasteiger partial charge in [0.05, 0.1) is 17.1 Å². The molecule has 7 heteroatoms. The Kier molecular flexibility index (Phi) is 5.15. The maximum absolute atomic E-state index is 12.6. The van der Waals surface area contributed by atoms with Gasteiger partial charge in [-0.15, -0.1) is 0 Å². The van der Waals surface area contributed by atoms with E-state index in [0.29, 0.717) is 22.3 Å². The fourth-order valence-corrected chi connectivity index (χ4v) is 2.44. The lowest BCUT2D eigenvalue weighted by atomic mass is 10.1. The highest BCUT2D eigenvalue weighted by Gasteiger charge is 2.25. The fourth-order valence-electron chi connectivity index (χ4n) is 2.44. The maximum atomic E-state index is 12.6. The second-order valence-corrected chi connectivity index (χ2v) is 7.52. The minimum absolute atomic E-state index is 0.118. The van der Waals surface area contributed by atoms with E-state index in [0.717, 1.165) is 0 Å². The van der Waals surface area contributed by atoms with Crippen LogP contribution in [0.5, 0.6) is 0 Å². The predicted octanol–water partition coefficient (Wildman–Crippen LogP) is 2.78. The molecular weight excluding hydrogens is 320 g/mol. The van der Waals surface area contributed by atoms with Crippen LogP contribution >= 0.6 is 0 Å². The third-order valence-electron chi connectivity index (χ3n) is 3.56. The molecule has 2 rings (SSSR count). The fraction of sp³-hybridized carbons (Fsp3) is 0.556. The number of pyridine rings is 1. The van der Waals surface area contributed by atoms with Crippen molar-refractivity contribution in [3.8, 4) is 0 Å². The first-order chi connectivity index (χ1) is 11.5. The number of nitrogens with zero attached hydrogens (tertiary/aromatic N) is 3. The molecule has 0 aromatic carbocycles. The molecule has 7 nitrogen and oxygen atoms in total. The highest BCUT2D eigenvalue weighted by Crippen LogP contribution is 2.22. The number of nitrogens with one attached hydrogen (secondary N) is 1. The van der Waals surface area contributed by atoms with Crippen LogP contribution in [0.2, 0.25) is 0 Å². The molecular formula is C18H26N4O3. The van der Waals surface area contributed by atoms with E-state index in [1.165, 1.54) is 0 Å². The lowest BCUT2D eigenvalue weighted by molar-refractivity contribution is -0.130. The van der Waals surface area contributed by atoms with Gasteiger partial charge in [0.25, 0.3) is 5.91 Å². The van der Waals surface area contributed by atoms with Gasteiger partial charge in [-0.1, -0.05) is 0 Å². The number of ether oxygens (including phenoxy) is 1. The zero-order chi connectivity index (χ0) is 18.9. The van der Waals surface area contributed by atoms with Gasteiger partial charge in [-0.2, -0.15) is 5.10 Å². The van der Waals surface area contributed by atoms with Crippen molar-refractivity contribution >= 4 is 22.9 Å². The summed E-state index contributed by atoms with van der Waals surface area (Å²) in [5, 5.41) is 7.73. The Bertz CT molecular complexity index is 802. The number of esters is 1. The summed E-state index contributed by atoms with van der Waals surface area (Å²) in [5.74, 6) is -0.892. The smallest absolute Gasteiger partial charge is 0.339 e. The zero-order valence-electron chi connectivity index (χ0n) is 15.9. The Balaban J connectivity index is 2.29. The summed E-state index contributed by atoms with van der Waals surface area (Å²) in [6.07, 6.45) is 0.716. The zero-order valence-corrected chi connectivity index (χ0v) is 15.9. The molecule has 0 aliphatic heterocycles. The molecule has 0 radical (unpaired) electrons. The summed E-state index contributed by atoms with van der Waals surface area (Å²) < 4.78 is 7.12. The molecule has 0 fully saturated rings. The van der Waals surface area contributed by atoms with Crippen molar-refractivity contribution in [2.45, 2.75) is 66.2 Å². The van der Waals surface area contributed by atoms with Crippen LogP contribution in [0.4, 0.5) is 0 Å². The topological polar surface area (TPSA) is 86.1 Å². The molecule has 25 heavy (non-hydrogen) atoms. The van der Waals surface area contributed by atoms with Crippen LogP contribution in [0.15, 0.2) is 12.3 Å². The molecule has 2 heterocycles. The van der Waals surface area contributed by atoms with Crippen LogP contribution in [0, 0.1) is 6.92 Å². The third kappa shape index (κ3) is 4.35. The molecule has 0 aliphatic rings. The van der Waals surface area contributed by atoms with E-state index in [-0.39, 0.29) is 11.9 Å². The molecule has 0 bridgehead atoms. The number of hydrogen-bond acceptors (Lipinski definition) is 5. The number of carbonyl (C=O) groups excluding carboxylic acids is 2. The van der Waals surface area contributed by atoms with Gasteiger partial charge in [0, 0.05) is 17.3 Å². The van der Waals surface area contributed by atoms with E-state index in [4.69, 9.17) is 4.74 Å². The first-order valence-electron chi connectivity index (χ1n) is 8.37. The number of aromatic nitrogens is 3. The molecule has 0 saturated carbocycles. The summed E-state index contributed by atoms with van der Waals surface area (Å²) >= 11 is 0. The Morgan fingerprint density at radius 2 is 1.88 bits per heavy atom. The Labute approximate surface area is 147 Å². The van der Waals surface area contributed by atoms with Gasteiger partial charge < -0.3 is 10.1 Å². The predicted molar refractivity (Wildman–Crippen MR) is 95.4 cm³/mol. The first kappa shape index (κ1) is 18.9. The number of aryl methyl sites for hydroxylation is 1. The summed E-state index contributed by atoms with van der Waals surface area (Å²) in [6, 6.07) is 1.78.